The van der Waals surface area contributed by atoms with Crippen LogP contribution < -0.4 is 15.4 Å². The second-order valence-corrected chi connectivity index (χ2v) is 8.12. The van der Waals surface area contributed by atoms with Crippen LogP contribution in [-0.4, -0.2) is 30.5 Å². The summed E-state index contributed by atoms with van der Waals surface area (Å²) in [4.78, 5) is 25.0. The highest BCUT2D eigenvalue weighted by Gasteiger charge is 2.40. The lowest BCUT2D eigenvalue weighted by molar-refractivity contribution is -0.135. The number of rotatable bonds is 6. The number of amides is 2. The van der Waals surface area contributed by atoms with Crippen LogP contribution >= 0.6 is 0 Å². The van der Waals surface area contributed by atoms with Gasteiger partial charge in [0, 0.05) is 6.54 Å². The maximum atomic E-state index is 12.5. The Labute approximate surface area is 156 Å². The van der Waals surface area contributed by atoms with E-state index in [-0.39, 0.29) is 23.8 Å². The summed E-state index contributed by atoms with van der Waals surface area (Å²) in [6.45, 7) is 8.77. The average Bonchev–Trinajstić information content (AvgIpc) is 2.60. The Morgan fingerprint density at radius 1 is 1.15 bits per heavy atom. The fraction of sp³-hybridized carbons (Fsp3) is 0.619. The van der Waals surface area contributed by atoms with Gasteiger partial charge in [-0.05, 0) is 42.9 Å². The number of carbonyl (C=O) groups excluding carboxylic acids is 2. The van der Waals surface area contributed by atoms with E-state index in [4.69, 9.17) is 4.74 Å². The molecule has 1 aliphatic rings. The van der Waals surface area contributed by atoms with Crippen molar-refractivity contribution in [3.8, 4) is 5.75 Å². The van der Waals surface area contributed by atoms with E-state index < -0.39 is 5.54 Å². The van der Waals surface area contributed by atoms with Crippen molar-refractivity contribution in [1.29, 1.82) is 0 Å². The van der Waals surface area contributed by atoms with Crippen molar-refractivity contribution >= 4 is 11.8 Å². The zero-order valence-corrected chi connectivity index (χ0v) is 16.5. The van der Waals surface area contributed by atoms with Crippen molar-refractivity contribution in [3.63, 3.8) is 0 Å². The molecule has 2 rings (SSSR count). The highest BCUT2D eigenvalue weighted by Crippen LogP contribution is 2.29. The molecular weight excluding hydrogens is 328 g/mol. The first-order chi connectivity index (χ1) is 12.3. The molecule has 1 aromatic rings. The van der Waals surface area contributed by atoms with E-state index >= 15 is 0 Å². The number of nitrogens with one attached hydrogen (secondary N) is 2. The lowest BCUT2D eigenvalue weighted by Gasteiger charge is -2.36. The van der Waals surface area contributed by atoms with Gasteiger partial charge in [-0.15, -0.1) is 0 Å². The molecular formula is C21H32N2O3. The third-order valence-electron chi connectivity index (χ3n) is 4.93. The van der Waals surface area contributed by atoms with Gasteiger partial charge in [0.2, 0.25) is 5.91 Å². The third-order valence-corrected chi connectivity index (χ3v) is 4.93. The Bertz CT molecular complexity index is 628. The molecule has 144 valence electrons. The quantitative estimate of drug-likeness (QED) is 0.818. The van der Waals surface area contributed by atoms with Gasteiger partial charge in [-0.2, -0.15) is 0 Å². The summed E-state index contributed by atoms with van der Waals surface area (Å²) >= 11 is 0. The van der Waals surface area contributed by atoms with Crippen molar-refractivity contribution < 1.29 is 14.3 Å². The lowest BCUT2D eigenvalue weighted by Crippen LogP contribution is -2.60. The molecule has 0 aliphatic heterocycles. The van der Waals surface area contributed by atoms with Gasteiger partial charge < -0.3 is 15.4 Å². The van der Waals surface area contributed by atoms with Gasteiger partial charge in [-0.1, -0.05) is 52.2 Å². The summed E-state index contributed by atoms with van der Waals surface area (Å²) in [5, 5.41) is 5.82. The second kappa shape index (κ2) is 8.56. The highest BCUT2D eigenvalue weighted by atomic mass is 16.5. The summed E-state index contributed by atoms with van der Waals surface area (Å²) in [5.74, 6) is 0.338. The number of hydrogen-bond acceptors (Lipinski definition) is 3. The van der Waals surface area contributed by atoms with Crippen LogP contribution in [0.2, 0.25) is 0 Å². The maximum Gasteiger partial charge on any atom is 0.258 e. The summed E-state index contributed by atoms with van der Waals surface area (Å²) in [5.41, 5.74) is 0.384. The van der Waals surface area contributed by atoms with Gasteiger partial charge in [-0.3, -0.25) is 9.59 Å². The molecule has 1 aliphatic carbocycles. The molecule has 0 bridgehead atoms. The molecule has 0 aromatic heterocycles. The van der Waals surface area contributed by atoms with E-state index in [2.05, 4.69) is 37.5 Å². The van der Waals surface area contributed by atoms with E-state index in [0.29, 0.717) is 25.1 Å². The smallest absolute Gasteiger partial charge is 0.258 e. The molecule has 2 N–H and O–H groups in total. The Morgan fingerprint density at radius 2 is 1.85 bits per heavy atom. The van der Waals surface area contributed by atoms with Gasteiger partial charge >= 0.3 is 0 Å². The van der Waals surface area contributed by atoms with Crippen LogP contribution in [0, 0.1) is 0 Å². The second-order valence-electron chi connectivity index (χ2n) is 8.12. The van der Waals surface area contributed by atoms with Crippen LogP contribution in [0.1, 0.15) is 65.4 Å². The van der Waals surface area contributed by atoms with Crippen LogP contribution in [0.25, 0.3) is 0 Å². The molecule has 0 atom stereocenters. The summed E-state index contributed by atoms with van der Waals surface area (Å²) in [6.07, 6.45) is 4.37. The number of benzene rings is 1. The minimum absolute atomic E-state index is 0.0199. The fourth-order valence-electron chi connectivity index (χ4n) is 3.40. The molecule has 0 unspecified atom stereocenters. The van der Waals surface area contributed by atoms with Crippen LogP contribution in [0.15, 0.2) is 24.3 Å². The summed E-state index contributed by atoms with van der Waals surface area (Å²) in [7, 11) is 0. The van der Waals surface area contributed by atoms with Gasteiger partial charge in [0.05, 0.1) is 0 Å². The fourth-order valence-corrected chi connectivity index (χ4v) is 3.40. The number of likely N-dealkylation sites (N-methyl/N-ethyl adjacent to an activating group) is 1. The Kier molecular flexibility index (Phi) is 6.68. The minimum atomic E-state index is -0.790. The Balaban J connectivity index is 1.99. The topological polar surface area (TPSA) is 67.4 Å². The van der Waals surface area contributed by atoms with Gasteiger partial charge in [0.15, 0.2) is 6.61 Å². The molecule has 0 heterocycles. The molecule has 5 nitrogen and oxygen atoms in total. The van der Waals surface area contributed by atoms with Crippen molar-refractivity contribution in [2.24, 2.45) is 0 Å². The van der Waals surface area contributed by atoms with Gasteiger partial charge in [-0.25, -0.2) is 0 Å². The monoisotopic (exact) mass is 360 g/mol. The molecule has 5 heteroatoms. The van der Waals surface area contributed by atoms with Crippen molar-refractivity contribution in [3.05, 3.63) is 29.8 Å². The van der Waals surface area contributed by atoms with E-state index in [1.807, 2.05) is 25.1 Å². The van der Waals surface area contributed by atoms with Crippen LogP contribution in [0.4, 0.5) is 0 Å². The predicted octanol–water partition coefficient (Wildman–Crippen LogP) is 3.32. The zero-order valence-electron chi connectivity index (χ0n) is 16.5. The van der Waals surface area contributed by atoms with Crippen molar-refractivity contribution in [2.45, 2.75) is 70.8 Å². The molecule has 1 saturated carbocycles. The molecule has 1 aromatic carbocycles. The van der Waals surface area contributed by atoms with Crippen molar-refractivity contribution in [2.75, 3.05) is 13.2 Å². The molecule has 0 spiro atoms. The largest absolute Gasteiger partial charge is 0.484 e. The molecule has 2 amide bonds. The first-order valence-corrected chi connectivity index (χ1v) is 9.59. The third kappa shape index (κ3) is 5.23. The SMILES string of the molecule is CCNC(=O)C1(NC(=O)COc2cccc(C(C)(C)C)c2)CCCCC1. The first-order valence-electron chi connectivity index (χ1n) is 9.59. The van der Waals surface area contributed by atoms with Gasteiger partial charge in [0.25, 0.3) is 5.91 Å². The first kappa shape index (κ1) is 20.3. The van der Waals surface area contributed by atoms with E-state index in [0.717, 1.165) is 24.8 Å². The summed E-state index contributed by atoms with van der Waals surface area (Å²) in [6, 6.07) is 7.81. The summed E-state index contributed by atoms with van der Waals surface area (Å²) < 4.78 is 5.69. The van der Waals surface area contributed by atoms with Crippen LogP contribution in [-0.2, 0) is 15.0 Å². The van der Waals surface area contributed by atoms with Gasteiger partial charge in [0.1, 0.15) is 11.3 Å². The molecule has 1 fully saturated rings. The van der Waals surface area contributed by atoms with E-state index in [1.54, 1.807) is 0 Å². The minimum Gasteiger partial charge on any atom is -0.484 e. The normalized spacial score (nSPS) is 16.6. The lowest BCUT2D eigenvalue weighted by atomic mass is 9.80. The standard InChI is InChI=1S/C21H32N2O3/c1-5-22-19(25)21(12-7-6-8-13-21)23-18(24)15-26-17-11-9-10-16(14-17)20(2,3)4/h9-11,14H,5-8,12-13,15H2,1-4H3,(H,22,25)(H,23,24). The highest BCUT2D eigenvalue weighted by molar-refractivity contribution is 5.92. The maximum absolute atomic E-state index is 12.5. The Morgan fingerprint density at radius 3 is 2.46 bits per heavy atom. The molecule has 0 saturated heterocycles. The number of carbonyl (C=O) groups is 2. The van der Waals surface area contributed by atoms with E-state index in [1.165, 1.54) is 0 Å². The number of ether oxygens (including phenoxy) is 1. The van der Waals surface area contributed by atoms with Crippen molar-refractivity contribution in [1.82, 2.24) is 10.6 Å². The van der Waals surface area contributed by atoms with Crippen LogP contribution in [0.3, 0.4) is 0 Å². The molecule has 0 radical (unpaired) electrons. The number of hydrogen-bond donors (Lipinski definition) is 2. The average molecular weight is 360 g/mol. The van der Waals surface area contributed by atoms with Crippen LogP contribution in [0.5, 0.6) is 5.75 Å². The predicted molar refractivity (Wildman–Crippen MR) is 103 cm³/mol. The zero-order chi connectivity index (χ0) is 19.2. The molecule has 26 heavy (non-hydrogen) atoms. The Hall–Kier alpha value is -2.04. The van der Waals surface area contributed by atoms with E-state index in [9.17, 15) is 9.59 Å².